The van der Waals surface area contributed by atoms with Gasteiger partial charge >= 0.3 is 0 Å². The molecule has 1 atom stereocenters. The molecule has 0 amide bonds. The number of halogens is 1. The Bertz CT molecular complexity index is 488. The average molecular weight is 275 g/mol. The van der Waals surface area contributed by atoms with Crippen molar-refractivity contribution in [2.45, 2.75) is 31.2 Å². The van der Waals surface area contributed by atoms with Gasteiger partial charge in [-0.05, 0) is 24.5 Å². The Morgan fingerprint density at radius 1 is 1.33 bits per heavy atom. The Balaban J connectivity index is 2.91. The van der Waals surface area contributed by atoms with Crippen molar-refractivity contribution < 1.29 is 17.9 Å². The minimum absolute atomic E-state index is 0.227. The standard InChI is InChI=1S/C12H18FNO3S/c1-9(2)7-10(8-15)14-18(16,17)12-6-4-3-5-11(12)13/h3-6,9-10,14-15H,7-8H2,1-2H3/t10-/m0/s1. The summed E-state index contributed by atoms with van der Waals surface area (Å²) in [5.41, 5.74) is 0. The van der Waals surface area contributed by atoms with Gasteiger partial charge in [0.1, 0.15) is 10.7 Å². The molecule has 0 unspecified atom stereocenters. The second kappa shape index (κ2) is 6.26. The van der Waals surface area contributed by atoms with Gasteiger partial charge in [0.25, 0.3) is 0 Å². The Morgan fingerprint density at radius 2 is 1.94 bits per heavy atom. The van der Waals surface area contributed by atoms with E-state index in [9.17, 15) is 12.8 Å². The van der Waals surface area contributed by atoms with Gasteiger partial charge in [0.2, 0.25) is 10.0 Å². The molecule has 102 valence electrons. The summed E-state index contributed by atoms with van der Waals surface area (Å²) in [7, 11) is -3.93. The third-order valence-corrected chi connectivity index (χ3v) is 3.98. The first-order chi connectivity index (χ1) is 8.36. The smallest absolute Gasteiger partial charge is 0.243 e. The van der Waals surface area contributed by atoms with E-state index in [1.54, 1.807) is 0 Å². The van der Waals surface area contributed by atoms with Crippen LogP contribution in [-0.2, 0) is 10.0 Å². The summed E-state index contributed by atoms with van der Waals surface area (Å²) in [6.07, 6.45) is 0.490. The lowest BCUT2D eigenvalue weighted by Crippen LogP contribution is -2.38. The second-order valence-corrected chi connectivity index (χ2v) is 6.24. The van der Waals surface area contributed by atoms with Crippen molar-refractivity contribution in [1.82, 2.24) is 4.72 Å². The third-order valence-electron chi connectivity index (χ3n) is 2.42. The quantitative estimate of drug-likeness (QED) is 0.827. The van der Waals surface area contributed by atoms with E-state index in [1.807, 2.05) is 13.8 Å². The van der Waals surface area contributed by atoms with E-state index in [1.165, 1.54) is 18.2 Å². The molecule has 0 aliphatic rings. The Morgan fingerprint density at radius 3 is 2.44 bits per heavy atom. The first kappa shape index (κ1) is 15.1. The molecule has 0 aliphatic carbocycles. The Hall–Kier alpha value is -0.980. The van der Waals surface area contributed by atoms with E-state index in [0.29, 0.717) is 6.42 Å². The summed E-state index contributed by atoms with van der Waals surface area (Å²) in [5, 5.41) is 9.13. The zero-order valence-electron chi connectivity index (χ0n) is 10.4. The maximum atomic E-state index is 13.4. The van der Waals surface area contributed by atoms with E-state index < -0.39 is 26.8 Å². The fraction of sp³-hybridized carbons (Fsp3) is 0.500. The molecular formula is C12H18FNO3S. The number of hydrogen-bond acceptors (Lipinski definition) is 3. The summed E-state index contributed by atoms with van der Waals surface area (Å²) >= 11 is 0. The molecule has 0 spiro atoms. The van der Waals surface area contributed by atoms with E-state index in [0.717, 1.165) is 6.07 Å². The van der Waals surface area contributed by atoms with Crippen LogP contribution >= 0.6 is 0 Å². The number of aliphatic hydroxyl groups is 1. The summed E-state index contributed by atoms with van der Waals surface area (Å²) in [6, 6.07) is 4.56. The highest BCUT2D eigenvalue weighted by Gasteiger charge is 2.22. The molecule has 0 radical (unpaired) electrons. The zero-order chi connectivity index (χ0) is 13.8. The lowest BCUT2D eigenvalue weighted by atomic mass is 10.1. The minimum Gasteiger partial charge on any atom is -0.395 e. The molecule has 0 saturated carbocycles. The van der Waals surface area contributed by atoms with E-state index >= 15 is 0 Å². The van der Waals surface area contributed by atoms with Crippen LogP contribution < -0.4 is 4.72 Å². The van der Waals surface area contributed by atoms with Crippen LogP contribution in [0.5, 0.6) is 0 Å². The number of hydrogen-bond donors (Lipinski definition) is 2. The van der Waals surface area contributed by atoms with Gasteiger partial charge < -0.3 is 5.11 Å². The molecule has 0 fully saturated rings. The van der Waals surface area contributed by atoms with Crippen LogP contribution in [0.2, 0.25) is 0 Å². The van der Waals surface area contributed by atoms with Crippen molar-refractivity contribution in [2.24, 2.45) is 5.92 Å². The molecule has 4 nitrogen and oxygen atoms in total. The molecule has 0 heterocycles. The van der Waals surface area contributed by atoms with Crippen LogP contribution in [0.3, 0.4) is 0 Å². The Labute approximate surface area is 107 Å². The van der Waals surface area contributed by atoms with Crippen molar-refractivity contribution in [3.05, 3.63) is 30.1 Å². The molecule has 6 heteroatoms. The van der Waals surface area contributed by atoms with Crippen LogP contribution in [0, 0.1) is 11.7 Å². The molecule has 1 aromatic carbocycles. The molecular weight excluding hydrogens is 257 g/mol. The van der Waals surface area contributed by atoms with Crippen LogP contribution in [0.4, 0.5) is 4.39 Å². The fourth-order valence-corrected chi connectivity index (χ4v) is 2.99. The van der Waals surface area contributed by atoms with Crippen molar-refractivity contribution >= 4 is 10.0 Å². The molecule has 0 bridgehead atoms. The summed E-state index contributed by atoms with van der Waals surface area (Å²) < 4.78 is 39.6. The highest BCUT2D eigenvalue weighted by Crippen LogP contribution is 2.15. The van der Waals surface area contributed by atoms with Gasteiger partial charge in [-0.25, -0.2) is 17.5 Å². The van der Waals surface area contributed by atoms with Gasteiger partial charge in [-0.2, -0.15) is 0 Å². The van der Waals surface area contributed by atoms with Crippen LogP contribution in [0.15, 0.2) is 29.2 Å². The van der Waals surface area contributed by atoms with Gasteiger partial charge in [0.15, 0.2) is 0 Å². The summed E-state index contributed by atoms with van der Waals surface area (Å²) in [5.74, 6) is -0.572. The van der Waals surface area contributed by atoms with E-state index in [2.05, 4.69) is 4.72 Å². The largest absolute Gasteiger partial charge is 0.395 e. The van der Waals surface area contributed by atoms with Crippen LogP contribution in [-0.4, -0.2) is 26.2 Å². The average Bonchev–Trinajstić information content (AvgIpc) is 2.27. The molecule has 18 heavy (non-hydrogen) atoms. The maximum Gasteiger partial charge on any atom is 0.243 e. The molecule has 0 aromatic heterocycles. The van der Waals surface area contributed by atoms with Gasteiger partial charge in [-0.15, -0.1) is 0 Å². The predicted molar refractivity (Wildman–Crippen MR) is 67.1 cm³/mol. The number of rotatable bonds is 6. The molecule has 0 aliphatic heterocycles. The number of nitrogens with one attached hydrogen (secondary N) is 1. The van der Waals surface area contributed by atoms with E-state index in [-0.39, 0.29) is 12.5 Å². The predicted octanol–water partition coefficient (Wildman–Crippen LogP) is 1.51. The second-order valence-electron chi connectivity index (χ2n) is 4.56. The number of benzene rings is 1. The lowest BCUT2D eigenvalue weighted by molar-refractivity contribution is 0.240. The molecule has 2 N–H and O–H groups in total. The van der Waals surface area contributed by atoms with Gasteiger partial charge in [-0.1, -0.05) is 26.0 Å². The minimum atomic E-state index is -3.93. The SMILES string of the molecule is CC(C)C[C@@H](CO)NS(=O)(=O)c1ccccc1F. The first-order valence-corrected chi connectivity index (χ1v) is 7.23. The summed E-state index contributed by atoms with van der Waals surface area (Å²) in [4.78, 5) is -0.396. The summed E-state index contributed by atoms with van der Waals surface area (Å²) in [6.45, 7) is 3.52. The normalized spacial score (nSPS) is 13.8. The number of aliphatic hydroxyl groups excluding tert-OH is 1. The van der Waals surface area contributed by atoms with Crippen LogP contribution in [0.25, 0.3) is 0 Å². The highest BCUT2D eigenvalue weighted by atomic mass is 32.2. The van der Waals surface area contributed by atoms with Crippen molar-refractivity contribution in [1.29, 1.82) is 0 Å². The topological polar surface area (TPSA) is 66.4 Å². The van der Waals surface area contributed by atoms with Crippen LogP contribution in [0.1, 0.15) is 20.3 Å². The van der Waals surface area contributed by atoms with Crippen molar-refractivity contribution in [2.75, 3.05) is 6.61 Å². The molecule has 1 rings (SSSR count). The van der Waals surface area contributed by atoms with Gasteiger partial charge in [-0.3, -0.25) is 0 Å². The molecule has 0 saturated heterocycles. The van der Waals surface area contributed by atoms with E-state index in [4.69, 9.17) is 5.11 Å². The van der Waals surface area contributed by atoms with Crippen molar-refractivity contribution in [3.63, 3.8) is 0 Å². The maximum absolute atomic E-state index is 13.4. The van der Waals surface area contributed by atoms with Gasteiger partial charge in [0, 0.05) is 6.04 Å². The van der Waals surface area contributed by atoms with Crippen molar-refractivity contribution in [3.8, 4) is 0 Å². The number of sulfonamides is 1. The first-order valence-electron chi connectivity index (χ1n) is 5.74. The monoisotopic (exact) mass is 275 g/mol. The van der Waals surface area contributed by atoms with Gasteiger partial charge in [0.05, 0.1) is 6.61 Å². The highest BCUT2D eigenvalue weighted by molar-refractivity contribution is 7.89. The fourth-order valence-electron chi connectivity index (χ4n) is 1.67. The third kappa shape index (κ3) is 4.04. The Kier molecular flexibility index (Phi) is 5.25. The lowest BCUT2D eigenvalue weighted by Gasteiger charge is -2.18. The zero-order valence-corrected chi connectivity index (χ0v) is 11.2. The molecule has 1 aromatic rings.